The number of halogens is 1. The zero-order valence-corrected chi connectivity index (χ0v) is 18.0. The smallest absolute Gasteiger partial charge is 0.255 e. The number of ether oxygens (including phenoxy) is 1. The summed E-state index contributed by atoms with van der Waals surface area (Å²) in [6.45, 7) is 10.3. The summed E-state index contributed by atoms with van der Waals surface area (Å²) >= 11 is 2.22. The van der Waals surface area contributed by atoms with Crippen LogP contribution < -0.4 is 10.1 Å². The molecule has 0 radical (unpaired) electrons. The Balaban J connectivity index is 1.86. The van der Waals surface area contributed by atoms with E-state index in [1.807, 2.05) is 48.5 Å². The number of benzene rings is 2. The van der Waals surface area contributed by atoms with Crippen LogP contribution in [-0.2, 0) is 0 Å². The Hall–Kier alpha value is -1.60. The van der Waals surface area contributed by atoms with Crippen LogP contribution in [0.3, 0.4) is 0 Å². The van der Waals surface area contributed by atoms with Crippen molar-refractivity contribution in [3.05, 3.63) is 57.7 Å². The Bertz CT molecular complexity index is 689. The number of carbonyl (C=O) groups excluding carboxylic acids is 1. The molecular weight excluding hydrogens is 439 g/mol. The SMILES string of the molecule is CC(C)N(CCOc1ccc(NC(=O)c2ccc(I)cc2)cc1)C(C)C. The molecule has 1 N–H and O–H groups in total. The van der Waals surface area contributed by atoms with Gasteiger partial charge in [-0.25, -0.2) is 0 Å². The highest BCUT2D eigenvalue weighted by molar-refractivity contribution is 14.1. The summed E-state index contributed by atoms with van der Waals surface area (Å²) < 4.78 is 6.95. The first-order valence-electron chi connectivity index (χ1n) is 8.92. The molecule has 26 heavy (non-hydrogen) atoms. The van der Waals surface area contributed by atoms with Gasteiger partial charge in [-0.05, 0) is 98.8 Å². The van der Waals surface area contributed by atoms with Gasteiger partial charge in [0.25, 0.3) is 5.91 Å². The normalized spacial score (nSPS) is 11.2. The van der Waals surface area contributed by atoms with Crippen LogP contribution >= 0.6 is 22.6 Å². The number of amides is 1. The summed E-state index contributed by atoms with van der Waals surface area (Å²) in [5.74, 6) is 0.698. The lowest BCUT2D eigenvalue weighted by Gasteiger charge is -2.30. The van der Waals surface area contributed by atoms with Crippen molar-refractivity contribution >= 4 is 34.2 Å². The van der Waals surface area contributed by atoms with E-state index < -0.39 is 0 Å². The second-order valence-electron chi connectivity index (χ2n) is 6.76. The van der Waals surface area contributed by atoms with Crippen LogP contribution in [0.15, 0.2) is 48.5 Å². The van der Waals surface area contributed by atoms with Gasteiger partial charge in [0.2, 0.25) is 0 Å². The van der Waals surface area contributed by atoms with Crippen LogP contribution in [0.4, 0.5) is 5.69 Å². The first-order valence-corrected chi connectivity index (χ1v) is 10.00. The minimum Gasteiger partial charge on any atom is -0.492 e. The first-order chi connectivity index (χ1) is 12.4. The molecule has 4 nitrogen and oxygen atoms in total. The average molecular weight is 466 g/mol. The van der Waals surface area contributed by atoms with Crippen LogP contribution in [0.5, 0.6) is 5.75 Å². The molecule has 0 spiro atoms. The second-order valence-corrected chi connectivity index (χ2v) is 8.00. The summed E-state index contributed by atoms with van der Waals surface area (Å²) in [5, 5.41) is 2.90. The van der Waals surface area contributed by atoms with Crippen molar-refractivity contribution in [3.63, 3.8) is 0 Å². The molecule has 0 fully saturated rings. The van der Waals surface area contributed by atoms with Crippen molar-refractivity contribution in [1.82, 2.24) is 4.90 Å². The van der Waals surface area contributed by atoms with Gasteiger partial charge in [0, 0.05) is 33.4 Å². The van der Waals surface area contributed by atoms with Crippen LogP contribution in [0.25, 0.3) is 0 Å². The van der Waals surface area contributed by atoms with Gasteiger partial charge in [0.1, 0.15) is 12.4 Å². The molecule has 140 valence electrons. The molecule has 2 rings (SSSR count). The van der Waals surface area contributed by atoms with Crippen molar-refractivity contribution in [2.24, 2.45) is 0 Å². The maximum Gasteiger partial charge on any atom is 0.255 e. The number of nitrogens with one attached hydrogen (secondary N) is 1. The van der Waals surface area contributed by atoms with E-state index in [0.29, 0.717) is 24.3 Å². The first kappa shape index (κ1) is 20.7. The predicted octanol–water partition coefficient (Wildman–Crippen LogP) is 5.04. The topological polar surface area (TPSA) is 41.6 Å². The zero-order chi connectivity index (χ0) is 19.1. The van der Waals surface area contributed by atoms with E-state index in [0.717, 1.165) is 21.6 Å². The number of hydrogen-bond acceptors (Lipinski definition) is 3. The van der Waals surface area contributed by atoms with Crippen LogP contribution in [0.1, 0.15) is 38.1 Å². The molecule has 0 aromatic heterocycles. The molecule has 0 bridgehead atoms. The fourth-order valence-electron chi connectivity index (χ4n) is 2.82. The van der Waals surface area contributed by atoms with Crippen molar-refractivity contribution in [3.8, 4) is 5.75 Å². The summed E-state index contributed by atoms with van der Waals surface area (Å²) in [7, 11) is 0. The van der Waals surface area contributed by atoms with Gasteiger partial charge in [0.15, 0.2) is 0 Å². The molecule has 1 amide bonds. The molecule has 0 saturated heterocycles. The van der Waals surface area contributed by atoms with E-state index in [1.54, 1.807) is 0 Å². The summed E-state index contributed by atoms with van der Waals surface area (Å²) in [6, 6.07) is 16.0. The highest BCUT2D eigenvalue weighted by Gasteiger charge is 2.13. The maximum atomic E-state index is 12.2. The molecule has 0 aliphatic rings. The van der Waals surface area contributed by atoms with E-state index in [2.05, 4.69) is 60.5 Å². The minimum atomic E-state index is -0.112. The number of rotatable bonds is 8. The molecule has 0 aliphatic heterocycles. The highest BCUT2D eigenvalue weighted by Crippen LogP contribution is 2.17. The third kappa shape index (κ3) is 6.29. The monoisotopic (exact) mass is 466 g/mol. The summed E-state index contributed by atoms with van der Waals surface area (Å²) in [5.41, 5.74) is 1.40. The Morgan fingerprint density at radius 3 is 2.12 bits per heavy atom. The molecular formula is C21H27IN2O2. The molecule has 0 heterocycles. The second kappa shape index (κ2) is 9.92. The van der Waals surface area contributed by atoms with Crippen LogP contribution in [0, 0.1) is 3.57 Å². The molecule has 0 atom stereocenters. The van der Waals surface area contributed by atoms with E-state index >= 15 is 0 Å². The Kier molecular flexibility index (Phi) is 7.90. The third-order valence-corrected chi connectivity index (χ3v) is 4.88. The quantitative estimate of drug-likeness (QED) is 0.555. The van der Waals surface area contributed by atoms with Crippen molar-refractivity contribution in [2.45, 2.75) is 39.8 Å². The van der Waals surface area contributed by atoms with E-state index in [4.69, 9.17) is 4.74 Å². The Morgan fingerprint density at radius 1 is 1.00 bits per heavy atom. The molecule has 2 aromatic rings. The fourth-order valence-corrected chi connectivity index (χ4v) is 3.18. The fraction of sp³-hybridized carbons (Fsp3) is 0.381. The van der Waals surface area contributed by atoms with Gasteiger partial charge in [-0.3, -0.25) is 9.69 Å². The molecule has 2 aromatic carbocycles. The van der Waals surface area contributed by atoms with E-state index in [9.17, 15) is 4.79 Å². The largest absolute Gasteiger partial charge is 0.492 e. The van der Waals surface area contributed by atoms with Crippen molar-refractivity contribution in [1.29, 1.82) is 0 Å². The third-order valence-electron chi connectivity index (χ3n) is 4.16. The predicted molar refractivity (Wildman–Crippen MR) is 116 cm³/mol. The lowest BCUT2D eigenvalue weighted by atomic mass is 10.2. The number of anilines is 1. The molecule has 0 saturated carbocycles. The Morgan fingerprint density at radius 2 is 1.58 bits per heavy atom. The van der Waals surface area contributed by atoms with Crippen molar-refractivity contribution < 1.29 is 9.53 Å². The van der Waals surface area contributed by atoms with Crippen LogP contribution in [0.2, 0.25) is 0 Å². The minimum absolute atomic E-state index is 0.112. The standard InChI is InChI=1S/C21H27IN2O2/c1-15(2)24(16(3)4)13-14-26-20-11-9-19(10-12-20)23-21(25)17-5-7-18(22)8-6-17/h5-12,15-16H,13-14H2,1-4H3,(H,23,25). The van der Waals surface area contributed by atoms with Gasteiger partial charge in [-0.1, -0.05) is 0 Å². The Labute approximate surface area is 170 Å². The van der Waals surface area contributed by atoms with Crippen LogP contribution in [-0.4, -0.2) is 36.0 Å². The van der Waals surface area contributed by atoms with Gasteiger partial charge in [-0.15, -0.1) is 0 Å². The number of carbonyl (C=O) groups is 1. The average Bonchev–Trinajstić information content (AvgIpc) is 2.60. The number of nitrogens with zero attached hydrogens (tertiary/aromatic N) is 1. The van der Waals surface area contributed by atoms with Gasteiger partial charge in [0.05, 0.1) is 0 Å². The number of hydrogen-bond donors (Lipinski definition) is 1. The van der Waals surface area contributed by atoms with Gasteiger partial charge >= 0.3 is 0 Å². The molecule has 5 heteroatoms. The lowest BCUT2D eigenvalue weighted by molar-refractivity contribution is 0.102. The van der Waals surface area contributed by atoms with E-state index in [1.165, 1.54) is 0 Å². The highest BCUT2D eigenvalue weighted by atomic mass is 127. The maximum absolute atomic E-state index is 12.2. The summed E-state index contributed by atoms with van der Waals surface area (Å²) in [6.07, 6.45) is 0. The molecule has 0 aliphatic carbocycles. The van der Waals surface area contributed by atoms with E-state index in [-0.39, 0.29) is 5.91 Å². The van der Waals surface area contributed by atoms with Gasteiger partial charge < -0.3 is 10.1 Å². The van der Waals surface area contributed by atoms with Gasteiger partial charge in [-0.2, -0.15) is 0 Å². The lowest BCUT2D eigenvalue weighted by Crippen LogP contribution is -2.39. The summed E-state index contributed by atoms with van der Waals surface area (Å²) in [4.78, 5) is 14.6. The van der Waals surface area contributed by atoms with Crippen molar-refractivity contribution in [2.75, 3.05) is 18.5 Å². The molecule has 0 unspecified atom stereocenters. The zero-order valence-electron chi connectivity index (χ0n) is 15.8.